The number of carboxylic acids is 1. The van der Waals surface area contributed by atoms with Crippen molar-refractivity contribution < 1.29 is 14.6 Å². The third-order valence-electron chi connectivity index (χ3n) is 5.21. The van der Waals surface area contributed by atoms with E-state index in [1.54, 1.807) is 25.1 Å². The number of nitriles is 1. The summed E-state index contributed by atoms with van der Waals surface area (Å²) in [7, 11) is 1.52. The summed E-state index contributed by atoms with van der Waals surface area (Å²) in [6, 6.07) is 6.64. The lowest BCUT2D eigenvalue weighted by Crippen LogP contribution is -2.61. The van der Waals surface area contributed by atoms with E-state index in [2.05, 4.69) is 11.4 Å². The van der Waals surface area contributed by atoms with Gasteiger partial charge in [0.15, 0.2) is 0 Å². The predicted octanol–water partition coefficient (Wildman–Crippen LogP) is 4.22. The van der Waals surface area contributed by atoms with Gasteiger partial charge in [0.25, 0.3) is 0 Å². The summed E-state index contributed by atoms with van der Waals surface area (Å²) in [6.45, 7) is 5.57. The number of carbonyl (C=O) groups is 1. The van der Waals surface area contributed by atoms with Gasteiger partial charge in [-0.05, 0) is 30.5 Å². The Morgan fingerprint density at radius 3 is 2.42 bits per heavy atom. The maximum Gasteiger partial charge on any atom is 0.313 e. The maximum atomic E-state index is 12.7. The fourth-order valence-corrected chi connectivity index (χ4v) is 4.65. The van der Waals surface area contributed by atoms with E-state index in [1.807, 2.05) is 13.8 Å². The van der Waals surface area contributed by atoms with Crippen molar-refractivity contribution >= 4 is 29.2 Å². The second-order valence-corrected chi connectivity index (χ2v) is 7.58. The Hall–Kier alpha value is -1.74. The van der Waals surface area contributed by atoms with Gasteiger partial charge < -0.3 is 15.2 Å². The zero-order chi connectivity index (χ0) is 19.6. The molecule has 5 nitrogen and oxygen atoms in total. The molecule has 0 bridgehead atoms. The van der Waals surface area contributed by atoms with Crippen LogP contribution in [0.25, 0.3) is 0 Å². The van der Waals surface area contributed by atoms with Crippen molar-refractivity contribution in [2.75, 3.05) is 13.7 Å². The highest BCUT2D eigenvalue weighted by Gasteiger charge is 2.59. The Kier molecular flexibility index (Phi) is 6.23. The number of nitrogens with one attached hydrogen (secondary N) is 1. The number of halogens is 2. The van der Waals surface area contributed by atoms with Gasteiger partial charge in [0.05, 0.1) is 24.3 Å². The van der Waals surface area contributed by atoms with E-state index in [9.17, 15) is 15.2 Å². The zero-order valence-corrected chi connectivity index (χ0v) is 16.6. The standard InChI is InChI=1S/C19H22Cl2N2O3/c1-10(2)19(18(24)25)15(9-26-4)23-11(3)12(8-22)17(19)16-13(20)6-5-7-14(16)21/h5-7,10,15,17,23H,9H2,1-4H3,(H,24,25). The van der Waals surface area contributed by atoms with Crippen LogP contribution in [-0.4, -0.2) is 30.8 Å². The highest BCUT2D eigenvalue weighted by atomic mass is 35.5. The number of hydrogen-bond donors (Lipinski definition) is 2. The van der Waals surface area contributed by atoms with Crippen LogP contribution >= 0.6 is 23.2 Å². The molecule has 0 radical (unpaired) electrons. The molecule has 0 aromatic heterocycles. The number of rotatable bonds is 5. The molecule has 1 aromatic rings. The smallest absolute Gasteiger partial charge is 0.313 e. The Morgan fingerprint density at radius 1 is 1.42 bits per heavy atom. The molecule has 7 heteroatoms. The van der Waals surface area contributed by atoms with Gasteiger partial charge in [-0.15, -0.1) is 0 Å². The van der Waals surface area contributed by atoms with Crippen molar-refractivity contribution in [2.45, 2.75) is 32.7 Å². The molecular formula is C19H22Cl2N2O3. The molecule has 3 atom stereocenters. The molecule has 1 aliphatic heterocycles. The average molecular weight is 397 g/mol. The third-order valence-corrected chi connectivity index (χ3v) is 5.86. The molecule has 2 N–H and O–H groups in total. The number of nitrogens with zero attached hydrogens (tertiary/aromatic N) is 1. The maximum absolute atomic E-state index is 12.7. The molecule has 0 aliphatic carbocycles. The van der Waals surface area contributed by atoms with Gasteiger partial charge in [-0.3, -0.25) is 4.79 Å². The van der Waals surface area contributed by atoms with Crippen LogP contribution in [-0.2, 0) is 9.53 Å². The third kappa shape index (κ3) is 3.07. The van der Waals surface area contributed by atoms with E-state index < -0.39 is 23.3 Å². The number of ether oxygens (including phenoxy) is 1. The van der Waals surface area contributed by atoms with E-state index in [-0.39, 0.29) is 12.5 Å². The minimum absolute atomic E-state index is 0.166. The highest BCUT2D eigenvalue weighted by molar-refractivity contribution is 6.36. The van der Waals surface area contributed by atoms with Crippen molar-refractivity contribution in [3.63, 3.8) is 0 Å². The first-order chi connectivity index (χ1) is 12.2. The topological polar surface area (TPSA) is 82.3 Å². The van der Waals surface area contributed by atoms with E-state index >= 15 is 0 Å². The molecule has 0 saturated carbocycles. The number of carboxylic acid groups (broad SMARTS) is 1. The molecule has 1 aromatic carbocycles. The summed E-state index contributed by atoms with van der Waals surface area (Å²) in [6.07, 6.45) is 0. The number of allylic oxidation sites excluding steroid dienone is 2. The first-order valence-electron chi connectivity index (χ1n) is 8.27. The van der Waals surface area contributed by atoms with E-state index in [0.717, 1.165) is 0 Å². The van der Waals surface area contributed by atoms with Gasteiger partial charge in [-0.2, -0.15) is 5.26 Å². The van der Waals surface area contributed by atoms with Crippen molar-refractivity contribution in [2.24, 2.45) is 11.3 Å². The number of benzene rings is 1. The van der Waals surface area contributed by atoms with Gasteiger partial charge in [-0.1, -0.05) is 43.1 Å². The second-order valence-electron chi connectivity index (χ2n) is 6.76. The highest BCUT2D eigenvalue weighted by Crippen LogP contribution is 2.55. The lowest BCUT2D eigenvalue weighted by atomic mass is 9.57. The lowest BCUT2D eigenvalue weighted by molar-refractivity contribution is -0.157. The van der Waals surface area contributed by atoms with Gasteiger partial charge in [0, 0.05) is 28.8 Å². The Morgan fingerprint density at radius 2 is 2.00 bits per heavy atom. The predicted molar refractivity (Wildman–Crippen MR) is 101 cm³/mol. The van der Waals surface area contributed by atoms with Crippen LogP contribution in [0.5, 0.6) is 0 Å². The van der Waals surface area contributed by atoms with Crippen LogP contribution in [0, 0.1) is 22.7 Å². The first kappa shape index (κ1) is 20.6. The first-order valence-corrected chi connectivity index (χ1v) is 9.02. The molecule has 140 valence electrons. The summed E-state index contributed by atoms with van der Waals surface area (Å²) >= 11 is 12.9. The molecule has 26 heavy (non-hydrogen) atoms. The summed E-state index contributed by atoms with van der Waals surface area (Å²) in [5, 5.41) is 24.0. The Labute approximate surface area is 163 Å². The summed E-state index contributed by atoms with van der Waals surface area (Å²) in [5.41, 5.74) is 0.0248. The minimum atomic E-state index is -1.37. The molecule has 3 unspecified atom stereocenters. The van der Waals surface area contributed by atoms with Crippen LogP contribution < -0.4 is 5.32 Å². The van der Waals surface area contributed by atoms with Gasteiger partial charge in [0.2, 0.25) is 0 Å². The quantitative estimate of drug-likeness (QED) is 0.778. The van der Waals surface area contributed by atoms with E-state index in [1.165, 1.54) is 7.11 Å². The second kappa shape index (κ2) is 7.87. The van der Waals surface area contributed by atoms with Gasteiger partial charge in [-0.25, -0.2) is 0 Å². The minimum Gasteiger partial charge on any atom is -0.481 e. The summed E-state index contributed by atoms with van der Waals surface area (Å²) < 4.78 is 5.30. The van der Waals surface area contributed by atoms with Gasteiger partial charge in [0.1, 0.15) is 5.41 Å². The van der Waals surface area contributed by atoms with Crippen molar-refractivity contribution in [3.05, 3.63) is 45.1 Å². The number of hydrogen-bond acceptors (Lipinski definition) is 4. The molecule has 1 aliphatic rings. The zero-order valence-electron chi connectivity index (χ0n) is 15.1. The SMILES string of the molecule is COCC1NC(C)=C(C#N)C(c2c(Cl)cccc2Cl)C1(C(=O)O)C(C)C. The fourth-order valence-electron chi connectivity index (χ4n) is 4.03. The molecule has 0 amide bonds. The monoisotopic (exact) mass is 396 g/mol. The number of methoxy groups -OCH3 is 1. The lowest BCUT2D eigenvalue weighted by Gasteiger charge is -2.50. The van der Waals surface area contributed by atoms with Crippen molar-refractivity contribution in [1.29, 1.82) is 5.26 Å². The summed E-state index contributed by atoms with van der Waals surface area (Å²) in [4.78, 5) is 12.7. The average Bonchev–Trinajstić information content (AvgIpc) is 2.54. The molecule has 2 rings (SSSR count). The normalized spacial score (nSPS) is 25.8. The van der Waals surface area contributed by atoms with Crippen LogP contribution in [0.2, 0.25) is 10.0 Å². The van der Waals surface area contributed by atoms with Crippen molar-refractivity contribution in [1.82, 2.24) is 5.32 Å². The van der Waals surface area contributed by atoms with Crippen LogP contribution in [0.4, 0.5) is 0 Å². The van der Waals surface area contributed by atoms with Crippen LogP contribution in [0.15, 0.2) is 29.5 Å². The van der Waals surface area contributed by atoms with Gasteiger partial charge >= 0.3 is 5.97 Å². The molecule has 0 spiro atoms. The molecule has 1 heterocycles. The largest absolute Gasteiger partial charge is 0.481 e. The van der Waals surface area contributed by atoms with Crippen LogP contribution in [0.3, 0.4) is 0 Å². The molecule has 0 fully saturated rings. The fraction of sp³-hybridized carbons (Fsp3) is 0.474. The van der Waals surface area contributed by atoms with Crippen LogP contribution in [0.1, 0.15) is 32.3 Å². The van der Waals surface area contributed by atoms with Crippen molar-refractivity contribution in [3.8, 4) is 6.07 Å². The Bertz CT molecular complexity index is 765. The molecule has 0 saturated heterocycles. The Balaban J connectivity index is 2.93. The number of aliphatic carboxylic acids is 1. The summed E-state index contributed by atoms with van der Waals surface area (Å²) in [5.74, 6) is -2.16. The van der Waals surface area contributed by atoms with E-state index in [4.69, 9.17) is 27.9 Å². The molecular weight excluding hydrogens is 375 g/mol. The van der Waals surface area contributed by atoms with E-state index in [0.29, 0.717) is 26.9 Å².